The fourth-order valence-electron chi connectivity index (χ4n) is 1.43. The van der Waals surface area contributed by atoms with Crippen LogP contribution in [-0.4, -0.2) is 12.0 Å². The van der Waals surface area contributed by atoms with Gasteiger partial charge in [-0.2, -0.15) is 0 Å². The maximum absolute atomic E-state index is 12.8. The second kappa shape index (κ2) is 2.52. The first-order valence-corrected chi connectivity index (χ1v) is 4.08. The maximum Gasteiger partial charge on any atom is 0.126 e. The molecule has 1 aromatic rings. The van der Waals surface area contributed by atoms with E-state index in [1.165, 1.54) is 18.3 Å². The van der Waals surface area contributed by atoms with E-state index in [-0.39, 0.29) is 11.4 Å². The molecule has 0 aliphatic heterocycles. The Morgan fingerprint density at radius 1 is 1.58 bits per heavy atom. The van der Waals surface area contributed by atoms with Gasteiger partial charge in [-0.15, -0.1) is 0 Å². The van der Waals surface area contributed by atoms with Crippen molar-refractivity contribution in [2.75, 3.05) is 7.05 Å². The lowest BCUT2D eigenvalue weighted by Gasteiger charge is -2.12. The lowest BCUT2D eigenvalue weighted by molar-refractivity contribution is 0.553. The normalized spacial score (nSPS) is 19.2. The second-order valence-electron chi connectivity index (χ2n) is 3.19. The average molecular weight is 166 g/mol. The van der Waals surface area contributed by atoms with E-state index in [0.717, 1.165) is 18.5 Å². The van der Waals surface area contributed by atoms with Gasteiger partial charge in [0, 0.05) is 6.20 Å². The minimum atomic E-state index is -0.207. The highest BCUT2D eigenvalue weighted by atomic mass is 19.1. The van der Waals surface area contributed by atoms with Gasteiger partial charge in [-0.1, -0.05) is 0 Å². The molecule has 64 valence electrons. The largest absolute Gasteiger partial charge is 0.309 e. The lowest BCUT2D eigenvalue weighted by Crippen LogP contribution is -2.25. The summed E-state index contributed by atoms with van der Waals surface area (Å²) in [7, 11) is 1.89. The van der Waals surface area contributed by atoms with E-state index < -0.39 is 0 Å². The van der Waals surface area contributed by atoms with Gasteiger partial charge in [0.25, 0.3) is 0 Å². The minimum absolute atomic E-state index is 0.0257. The van der Waals surface area contributed by atoms with E-state index in [1.807, 2.05) is 7.05 Å². The Labute approximate surface area is 70.8 Å². The summed E-state index contributed by atoms with van der Waals surface area (Å²) in [4.78, 5) is 4.14. The zero-order chi connectivity index (χ0) is 8.60. The maximum atomic E-state index is 12.8. The SMILES string of the molecule is CNC1(c2cc(F)ccn2)CC1. The third kappa shape index (κ3) is 1.10. The molecular weight excluding hydrogens is 155 g/mol. The first-order valence-electron chi connectivity index (χ1n) is 4.08. The van der Waals surface area contributed by atoms with Gasteiger partial charge in [-0.25, -0.2) is 4.39 Å². The van der Waals surface area contributed by atoms with Crippen LogP contribution in [0.1, 0.15) is 18.5 Å². The van der Waals surface area contributed by atoms with Crippen molar-refractivity contribution in [3.8, 4) is 0 Å². The van der Waals surface area contributed by atoms with Crippen molar-refractivity contribution in [1.82, 2.24) is 10.3 Å². The third-order valence-corrected chi connectivity index (χ3v) is 2.44. The quantitative estimate of drug-likeness (QED) is 0.718. The fraction of sp³-hybridized carbons (Fsp3) is 0.444. The Balaban J connectivity index is 2.34. The highest BCUT2D eigenvalue weighted by Crippen LogP contribution is 2.43. The third-order valence-electron chi connectivity index (χ3n) is 2.44. The number of hydrogen-bond donors (Lipinski definition) is 1. The first-order chi connectivity index (χ1) is 5.77. The Hall–Kier alpha value is -0.960. The van der Waals surface area contributed by atoms with Crippen molar-refractivity contribution >= 4 is 0 Å². The molecular formula is C9H11FN2. The van der Waals surface area contributed by atoms with E-state index in [0.29, 0.717) is 0 Å². The Morgan fingerprint density at radius 2 is 2.33 bits per heavy atom. The van der Waals surface area contributed by atoms with Gasteiger partial charge in [0.15, 0.2) is 0 Å². The van der Waals surface area contributed by atoms with Crippen LogP contribution >= 0.6 is 0 Å². The summed E-state index contributed by atoms with van der Waals surface area (Å²) in [5.74, 6) is -0.207. The van der Waals surface area contributed by atoms with Gasteiger partial charge in [0.1, 0.15) is 5.82 Å². The van der Waals surface area contributed by atoms with E-state index in [9.17, 15) is 4.39 Å². The second-order valence-corrected chi connectivity index (χ2v) is 3.19. The van der Waals surface area contributed by atoms with Crippen molar-refractivity contribution in [1.29, 1.82) is 0 Å². The molecule has 1 saturated carbocycles. The van der Waals surface area contributed by atoms with Crippen LogP contribution in [0.15, 0.2) is 18.3 Å². The summed E-state index contributed by atoms with van der Waals surface area (Å²) in [5.41, 5.74) is 0.798. The van der Waals surface area contributed by atoms with Crippen LogP contribution in [0.5, 0.6) is 0 Å². The van der Waals surface area contributed by atoms with Gasteiger partial charge >= 0.3 is 0 Å². The summed E-state index contributed by atoms with van der Waals surface area (Å²) in [6.45, 7) is 0. The van der Waals surface area contributed by atoms with Crippen LogP contribution in [0.4, 0.5) is 4.39 Å². The molecule has 1 heterocycles. The van der Waals surface area contributed by atoms with Gasteiger partial charge in [0.05, 0.1) is 11.2 Å². The molecule has 2 rings (SSSR count). The standard InChI is InChI=1S/C9H11FN2/c1-11-9(3-4-9)8-6-7(10)2-5-12-8/h2,5-6,11H,3-4H2,1H3. The van der Waals surface area contributed by atoms with Crippen LogP contribution in [0, 0.1) is 5.82 Å². The predicted molar refractivity (Wildman–Crippen MR) is 44.2 cm³/mol. The van der Waals surface area contributed by atoms with Gasteiger partial charge in [0.2, 0.25) is 0 Å². The van der Waals surface area contributed by atoms with Crippen LogP contribution in [0.25, 0.3) is 0 Å². The first kappa shape index (κ1) is 7.68. The average Bonchev–Trinajstić information content (AvgIpc) is 2.84. The molecule has 0 amide bonds. The van der Waals surface area contributed by atoms with Crippen molar-refractivity contribution in [3.63, 3.8) is 0 Å². The van der Waals surface area contributed by atoms with E-state index in [4.69, 9.17) is 0 Å². The molecule has 1 aromatic heterocycles. The Morgan fingerprint density at radius 3 is 2.83 bits per heavy atom. The summed E-state index contributed by atoms with van der Waals surface area (Å²) < 4.78 is 12.8. The lowest BCUT2D eigenvalue weighted by atomic mass is 10.1. The number of hydrogen-bond acceptors (Lipinski definition) is 2. The number of rotatable bonds is 2. The van der Waals surface area contributed by atoms with E-state index in [1.54, 1.807) is 0 Å². The van der Waals surface area contributed by atoms with E-state index >= 15 is 0 Å². The molecule has 3 heteroatoms. The summed E-state index contributed by atoms with van der Waals surface area (Å²) in [6.07, 6.45) is 3.63. The van der Waals surface area contributed by atoms with Crippen LogP contribution in [-0.2, 0) is 5.54 Å². The van der Waals surface area contributed by atoms with E-state index in [2.05, 4.69) is 10.3 Å². The van der Waals surface area contributed by atoms with Gasteiger partial charge < -0.3 is 5.32 Å². The molecule has 0 bridgehead atoms. The fourth-order valence-corrected chi connectivity index (χ4v) is 1.43. The van der Waals surface area contributed by atoms with Gasteiger partial charge in [-0.3, -0.25) is 4.98 Å². The molecule has 0 aromatic carbocycles. The summed E-state index contributed by atoms with van der Waals surface area (Å²) in [5, 5.41) is 3.17. The Kier molecular flexibility index (Phi) is 1.61. The van der Waals surface area contributed by atoms with Crippen molar-refractivity contribution in [2.45, 2.75) is 18.4 Å². The molecule has 1 fully saturated rings. The molecule has 12 heavy (non-hydrogen) atoms. The number of aromatic nitrogens is 1. The summed E-state index contributed by atoms with van der Waals surface area (Å²) >= 11 is 0. The molecule has 1 aliphatic rings. The minimum Gasteiger partial charge on any atom is -0.309 e. The zero-order valence-corrected chi connectivity index (χ0v) is 6.97. The highest BCUT2D eigenvalue weighted by Gasteiger charge is 2.44. The van der Waals surface area contributed by atoms with Crippen LogP contribution in [0.3, 0.4) is 0 Å². The smallest absolute Gasteiger partial charge is 0.126 e. The molecule has 0 saturated heterocycles. The molecule has 0 radical (unpaired) electrons. The van der Waals surface area contributed by atoms with Crippen LogP contribution in [0.2, 0.25) is 0 Å². The van der Waals surface area contributed by atoms with Crippen molar-refractivity contribution in [2.24, 2.45) is 0 Å². The molecule has 1 aliphatic carbocycles. The monoisotopic (exact) mass is 166 g/mol. The number of pyridine rings is 1. The molecule has 2 nitrogen and oxygen atoms in total. The van der Waals surface area contributed by atoms with Gasteiger partial charge in [-0.05, 0) is 32.0 Å². The number of nitrogens with one attached hydrogen (secondary N) is 1. The zero-order valence-electron chi connectivity index (χ0n) is 6.97. The number of halogens is 1. The summed E-state index contributed by atoms with van der Waals surface area (Å²) in [6, 6.07) is 2.87. The molecule has 0 spiro atoms. The van der Waals surface area contributed by atoms with Crippen molar-refractivity contribution < 1.29 is 4.39 Å². The highest BCUT2D eigenvalue weighted by molar-refractivity contribution is 5.23. The van der Waals surface area contributed by atoms with Crippen LogP contribution < -0.4 is 5.32 Å². The molecule has 0 atom stereocenters. The van der Waals surface area contributed by atoms with Crippen molar-refractivity contribution in [3.05, 3.63) is 29.8 Å². The topological polar surface area (TPSA) is 24.9 Å². The predicted octanol–water partition coefficient (Wildman–Crippen LogP) is 1.43. The number of nitrogens with zero attached hydrogens (tertiary/aromatic N) is 1. The Bertz CT molecular complexity index is 294. The molecule has 0 unspecified atom stereocenters. The molecule has 1 N–H and O–H groups in total.